The number of carbonyl (C=O) groups excluding carboxylic acids is 3. The SMILES string of the molecule is C=C(COC(=O)N[C@@H](Cc1ccccc1)C(=O)N[C@@H](CC(C)C)C(=O)OC)S(=O)(=O)C(C)(C)C. The van der Waals surface area contributed by atoms with Gasteiger partial charge in [-0.05, 0) is 38.7 Å². The number of benzene rings is 1. The minimum Gasteiger partial charge on any atom is -0.467 e. The highest BCUT2D eigenvalue weighted by atomic mass is 32.2. The lowest BCUT2D eigenvalue weighted by atomic mass is 10.0. The molecule has 1 rings (SSSR count). The van der Waals surface area contributed by atoms with Crippen LogP contribution in [0.15, 0.2) is 41.8 Å². The predicted molar refractivity (Wildman–Crippen MR) is 130 cm³/mol. The molecule has 0 bridgehead atoms. The van der Waals surface area contributed by atoms with Crippen LogP contribution in [0.1, 0.15) is 46.6 Å². The Kier molecular flexibility index (Phi) is 10.8. The number of rotatable bonds is 11. The van der Waals surface area contributed by atoms with Gasteiger partial charge in [0.2, 0.25) is 5.91 Å². The lowest BCUT2D eigenvalue weighted by Gasteiger charge is -2.24. The van der Waals surface area contributed by atoms with E-state index in [2.05, 4.69) is 17.2 Å². The van der Waals surface area contributed by atoms with Crippen LogP contribution in [0.25, 0.3) is 0 Å². The molecule has 2 amide bonds. The van der Waals surface area contributed by atoms with Gasteiger partial charge in [0.15, 0.2) is 9.84 Å². The molecular formula is C24H36N2O7S. The normalized spacial score (nSPS) is 13.5. The minimum atomic E-state index is -3.74. The Bertz CT molecular complexity index is 967. The standard InChI is InChI=1S/C24H36N2O7S/c1-16(2)13-20(22(28)32-7)25-21(27)19(14-18-11-9-8-10-12-18)26-23(29)33-15-17(3)34(30,31)24(4,5)6/h8-12,16,19-20H,3,13-15H2,1-2,4-7H3,(H,25,27)(H,26,29)/t19-,20-/m0/s1. The zero-order valence-corrected chi connectivity index (χ0v) is 21.5. The summed E-state index contributed by atoms with van der Waals surface area (Å²) in [6.07, 6.45) is -0.510. The Labute approximate surface area is 202 Å². The van der Waals surface area contributed by atoms with Gasteiger partial charge < -0.3 is 20.1 Å². The molecule has 0 saturated carbocycles. The molecule has 0 heterocycles. The van der Waals surface area contributed by atoms with E-state index in [0.717, 1.165) is 5.56 Å². The molecule has 10 heteroatoms. The van der Waals surface area contributed by atoms with E-state index in [-0.39, 0.29) is 17.2 Å². The summed E-state index contributed by atoms with van der Waals surface area (Å²) < 4.78 is 33.6. The topological polar surface area (TPSA) is 128 Å². The number of sulfone groups is 1. The van der Waals surface area contributed by atoms with Crippen molar-refractivity contribution < 1.29 is 32.3 Å². The first-order valence-corrected chi connectivity index (χ1v) is 12.4. The van der Waals surface area contributed by atoms with Crippen molar-refractivity contribution in [3.63, 3.8) is 0 Å². The van der Waals surface area contributed by atoms with Crippen LogP contribution in [0.4, 0.5) is 4.79 Å². The van der Waals surface area contributed by atoms with Crippen molar-refractivity contribution in [2.45, 2.75) is 64.3 Å². The summed E-state index contributed by atoms with van der Waals surface area (Å²) in [5.74, 6) is -1.09. The van der Waals surface area contributed by atoms with E-state index < -0.39 is 51.2 Å². The second kappa shape index (κ2) is 12.5. The van der Waals surface area contributed by atoms with Gasteiger partial charge >= 0.3 is 12.1 Å². The van der Waals surface area contributed by atoms with E-state index >= 15 is 0 Å². The molecule has 0 aliphatic rings. The molecule has 190 valence electrons. The molecule has 0 spiro atoms. The summed E-state index contributed by atoms with van der Waals surface area (Å²) >= 11 is 0. The van der Waals surface area contributed by atoms with Crippen molar-refractivity contribution in [2.24, 2.45) is 5.92 Å². The van der Waals surface area contributed by atoms with Crippen LogP contribution in [0.3, 0.4) is 0 Å². The predicted octanol–water partition coefficient (Wildman–Crippen LogP) is 2.75. The smallest absolute Gasteiger partial charge is 0.408 e. The lowest BCUT2D eigenvalue weighted by molar-refractivity contribution is -0.145. The number of hydrogen-bond acceptors (Lipinski definition) is 7. The zero-order valence-electron chi connectivity index (χ0n) is 20.7. The van der Waals surface area contributed by atoms with Crippen LogP contribution < -0.4 is 10.6 Å². The van der Waals surface area contributed by atoms with Gasteiger partial charge in [0.25, 0.3) is 0 Å². The molecule has 0 aromatic heterocycles. The average Bonchev–Trinajstić information content (AvgIpc) is 2.75. The maximum atomic E-state index is 13.0. The van der Waals surface area contributed by atoms with Gasteiger partial charge in [0.05, 0.1) is 16.8 Å². The summed E-state index contributed by atoms with van der Waals surface area (Å²) in [6.45, 7) is 11.3. The Morgan fingerprint density at radius 2 is 1.62 bits per heavy atom. The first kappa shape index (κ1) is 29.2. The van der Waals surface area contributed by atoms with Crippen molar-refractivity contribution in [1.29, 1.82) is 0 Å². The number of nitrogens with one attached hydrogen (secondary N) is 2. The van der Waals surface area contributed by atoms with E-state index in [1.807, 2.05) is 19.9 Å². The molecule has 9 nitrogen and oxygen atoms in total. The van der Waals surface area contributed by atoms with Crippen molar-refractivity contribution >= 4 is 27.8 Å². The van der Waals surface area contributed by atoms with Crippen LogP contribution in [0.2, 0.25) is 0 Å². The van der Waals surface area contributed by atoms with Gasteiger partial charge in [0.1, 0.15) is 18.7 Å². The Hall–Kier alpha value is -2.88. The third kappa shape index (κ3) is 8.81. The molecule has 0 saturated heterocycles. The van der Waals surface area contributed by atoms with E-state index in [9.17, 15) is 22.8 Å². The minimum absolute atomic E-state index is 0.102. The zero-order chi connectivity index (χ0) is 26.1. The molecule has 0 radical (unpaired) electrons. The van der Waals surface area contributed by atoms with E-state index in [1.54, 1.807) is 24.3 Å². The highest BCUT2D eigenvalue weighted by Crippen LogP contribution is 2.22. The Morgan fingerprint density at radius 1 is 1.03 bits per heavy atom. The van der Waals surface area contributed by atoms with Crippen molar-refractivity contribution in [1.82, 2.24) is 10.6 Å². The van der Waals surface area contributed by atoms with Gasteiger partial charge in [-0.2, -0.15) is 0 Å². The second-order valence-electron chi connectivity index (χ2n) is 9.33. The Balaban J connectivity index is 2.97. The number of methoxy groups -OCH3 is 1. The molecular weight excluding hydrogens is 460 g/mol. The highest BCUT2D eigenvalue weighted by Gasteiger charge is 2.33. The summed E-state index contributed by atoms with van der Waals surface area (Å²) in [7, 11) is -2.50. The molecule has 34 heavy (non-hydrogen) atoms. The van der Waals surface area contributed by atoms with Crippen LogP contribution >= 0.6 is 0 Å². The van der Waals surface area contributed by atoms with Gasteiger partial charge in [-0.25, -0.2) is 18.0 Å². The third-order valence-electron chi connectivity index (χ3n) is 4.95. The van der Waals surface area contributed by atoms with Crippen molar-refractivity contribution in [3.05, 3.63) is 47.4 Å². The van der Waals surface area contributed by atoms with Crippen LogP contribution in [0, 0.1) is 5.92 Å². The number of alkyl carbamates (subject to hydrolysis) is 1. The van der Waals surface area contributed by atoms with Crippen molar-refractivity contribution in [3.8, 4) is 0 Å². The first-order chi connectivity index (χ1) is 15.7. The number of hydrogen-bond donors (Lipinski definition) is 2. The van der Waals surface area contributed by atoms with Crippen LogP contribution in [-0.2, 0) is 35.3 Å². The van der Waals surface area contributed by atoms with E-state index in [4.69, 9.17) is 9.47 Å². The lowest BCUT2D eigenvalue weighted by Crippen LogP contribution is -2.53. The molecule has 1 aromatic rings. The second-order valence-corrected chi connectivity index (χ2v) is 12.1. The maximum Gasteiger partial charge on any atom is 0.408 e. The molecule has 1 aromatic carbocycles. The van der Waals surface area contributed by atoms with Crippen LogP contribution in [0.5, 0.6) is 0 Å². The number of ether oxygens (including phenoxy) is 2. The molecule has 2 N–H and O–H groups in total. The quantitative estimate of drug-likeness (QED) is 0.451. The largest absolute Gasteiger partial charge is 0.467 e. The monoisotopic (exact) mass is 496 g/mol. The fourth-order valence-electron chi connectivity index (χ4n) is 3.00. The highest BCUT2D eigenvalue weighted by molar-refractivity contribution is 7.96. The summed E-state index contributed by atoms with van der Waals surface area (Å²) in [6, 6.07) is 7.01. The summed E-state index contributed by atoms with van der Waals surface area (Å²) in [5.41, 5.74) is 0.765. The van der Waals surface area contributed by atoms with Crippen molar-refractivity contribution in [2.75, 3.05) is 13.7 Å². The number of amides is 2. The van der Waals surface area contributed by atoms with Gasteiger partial charge in [-0.3, -0.25) is 4.79 Å². The first-order valence-electron chi connectivity index (χ1n) is 11.0. The van der Waals surface area contributed by atoms with Gasteiger partial charge in [-0.15, -0.1) is 0 Å². The molecule has 0 aliphatic carbocycles. The van der Waals surface area contributed by atoms with E-state index in [0.29, 0.717) is 6.42 Å². The van der Waals surface area contributed by atoms with E-state index in [1.165, 1.54) is 27.9 Å². The Morgan fingerprint density at radius 3 is 2.12 bits per heavy atom. The maximum absolute atomic E-state index is 13.0. The molecule has 0 aliphatic heterocycles. The fourth-order valence-corrected chi connectivity index (χ4v) is 4.08. The van der Waals surface area contributed by atoms with Crippen LogP contribution in [-0.4, -0.2) is 56.9 Å². The molecule has 0 fully saturated rings. The average molecular weight is 497 g/mol. The van der Waals surface area contributed by atoms with Gasteiger partial charge in [-0.1, -0.05) is 50.8 Å². The molecule has 2 atom stereocenters. The summed E-state index contributed by atoms with van der Waals surface area (Å²) in [4.78, 5) is 37.3. The molecule has 0 unspecified atom stereocenters. The number of carbonyl (C=O) groups is 3. The third-order valence-corrected chi connectivity index (χ3v) is 7.44. The van der Waals surface area contributed by atoms with Gasteiger partial charge in [0, 0.05) is 6.42 Å². The summed E-state index contributed by atoms with van der Waals surface area (Å²) in [5, 5.41) is 5.10. The number of esters is 1. The fraction of sp³-hybridized carbons (Fsp3) is 0.542.